The molecule has 3 atom stereocenters. The number of hydrogen-bond acceptors (Lipinski definition) is 2. The second kappa shape index (κ2) is 5.44. The number of fused-ring (bicyclic) bond motifs is 3. The Morgan fingerprint density at radius 3 is 2.64 bits per heavy atom. The summed E-state index contributed by atoms with van der Waals surface area (Å²) >= 11 is 0. The van der Waals surface area contributed by atoms with Gasteiger partial charge in [-0.05, 0) is 61.1 Å². The van der Waals surface area contributed by atoms with Crippen molar-refractivity contribution in [1.29, 1.82) is 0 Å². The van der Waals surface area contributed by atoms with Gasteiger partial charge in [0.15, 0.2) is 0 Å². The Bertz CT molecular complexity index is 664. The molecule has 22 heavy (non-hydrogen) atoms. The summed E-state index contributed by atoms with van der Waals surface area (Å²) in [5.41, 5.74) is 4.53. The monoisotopic (exact) mass is 293 g/mol. The van der Waals surface area contributed by atoms with Gasteiger partial charge in [0.05, 0.1) is 7.11 Å². The Hall–Kier alpha value is -1.80. The highest BCUT2D eigenvalue weighted by Crippen LogP contribution is 2.48. The van der Waals surface area contributed by atoms with E-state index in [0.29, 0.717) is 12.1 Å². The van der Waals surface area contributed by atoms with Gasteiger partial charge in [-0.2, -0.15) is 0 Å². The van der Waals surface area contributed by atoms with Crippen LogP contribution in [0.25, 0.3) is 0 Å². The summed E-state index contributed by atoms with van der Waals surface area (Å²) in [6.45, 7) is 0. The highest BCUT2D eigenvalue weighted by molar-refractivity contribution is 5.37. The number of rotatable bonds is 3. The Morgan fingerprint density at radius 2 is 1.86 bits per heavy atom. The summed E-state index contributed by atoms with van der Waals surface area (Å²) in [6.07, 6.45) is 3.70. The van der Waals surface area contributed by atoms with Crippen LogP contribution in [0.15, 0.2) is 48.5 Å². The van der Waals surface area contributed by atoms with E-state index < -0.39 is 0 Å². The number of likely N-dealkylation sites (N-methyl/N-ethyl adjacent to an activating group) is 1. The molecule has 1 heterocycles. The van der Waals surface area contributed by atoms with Gasteiger partial charge < -0.3 is 4.74 Å². The zero-order valence-electron chi connectivity index (χ0n) is 13.3. The lowest BCUT2D eigenvalue weighted by Gasteiger charge is -2.26. The third-order valence-electron chi connectivity index (χ3n) is 5.52. The molecule has 2 aromatic rings. The summed E-state index contributed by atoms with van der Waals surface area (Å²) in [5, 5.41) is 0. The third kappa shape index (κ3) is 2.22. The molecule has 2 heteroatoms. The molecule has 0 radical (unpaired) electrons. The van der Waals surface area contributed by atoms with Crippen LogP contribution in [-0.4, -0.2) is 25.1 Å². The first-order valence-electron chi connectivity index (χ1n) is 8.19. The van der Waals surface area contributed by atoms with Crippen molar-refractivity contribution in [3.8, 4) is 5.75 Å². The minimum atomic E-state index is 0.624. The summed E-state index contributed by atoms with van der Waals surface area (Å²) in [7, 11) is 4.03. The molecule has 2 aromatic carbocycles. The number of likely N-dealkylation sites (tertiary alicyclic amines) is 1. The first kappa shape index (κ1) is 13.8. The molecule has 1 fully saturated rings. The van der Waals surface area contributed by atoms with E-state index in [2.05, 4.69) is 60.5 Å². The van der Waals surface area contributed by atoms with E-state index in [-0.39, 0.29) is 0 Å². The van der Waals surface area contributed by atoms with Crippen LogP contribution in [0.1, 0.15) is 29.2 Å². The fraction of sp³-hybridized carbons (Fsp3) is 0.400. The zero-order valence-corrected chi connectivity index (χ0v) is 13.3. The van der Waals surface area contributed by atoms with Crippen molar-refractivity contribution in [3.05, 3.63) is 65.2 Å². The molecule has 3 unspecified atom stereocenters. The van der Waals surface area contributed by atoms with Crippen LogP contribution < -0.4 is 4.74 Å². The van der Waals surface area contributed by atoms with E-state index in [9.17, 15) is 0 Å². The smallest absolute Gasteiger partial charge is 0.118 e. The maximum atomic E-state index is 5.25. The molecule has 1 saturated heterocycles. The molecule has 0 N–H and O–H groups in total. The SMILES string of the molecule is COc1ccc(CC2CC3Cc4ccccc4C3N2C)cc1. The van der Waals surface area contributed by atoms with E-state index in [4.69, 9.17) is 4.74 Å². The first-order chi connectivity index (χ1) is 10.8. The molecule has 1 aliphatic carbocycles. The second-order valence-corrected chi connectivity index (χ2v) is 6.72. The van der Waals surface area contributed by atoms with E-state index in [1.165, 1.54) is 18.4 Å². The maximum absolute atomic E-state index is 5.25. The molecule has 0 spiro atoms. The van der Waals surface area contributed by atoms with Crippen LogP contribution in [-0.2, 0) is 12.8 Å². The molecule has 2 aliphatic rings. The minimum absolute atomic E-state index is 0.624. The van der Waals surface area contributed by atoms with Gasteiger partial charge in [0.1, 0.15) is 5.75 Å². The first-order valence-corrected chi connectivity index (χ1v) is 8.19. The topological polar surface area (TPSA) is 12.5 Å². The normalized spacial score (nSPS) is 26.7. The van der Waals surface area contributed by atoms with Crippen molar-refractivity contribution >= 4 is 0 Å². The molecule has 4 rings (SSSR count). The van der Waals surface area contributed by atoms with Crippen LogP contribution >= 0.6 is 0 Å². The third-order valence-corrected chi connectivity index (χ3v) is 5.52. The van der Waals surface area contributed by atoms with Crippen molar-refractivity contribution in [3.63, 3.8) is 0 Å². The van der Waals surface area contributed by atoms with Crippen LogP contribution in [0.4, 0.5) is 0 Å². The van der Waals surface area contributed by atoms with Gasteiger partial charge >= 0.3 is 0 Å². The summed E-state index contributed by atoms with van der Waals surface area (Å²) < 4.78 is 5.25. The molecule has 0 bridgehead atoms. The number of benzene rings is 2. The Labute approximate surface area is 132 Å². The van der Waals surface area contributed by atoms with Crippen LogP contribution in [0.5, 0.6) is 5.75 Å². The van der Waals surface area contributed by atoms with Crippen LogP contribution in [0.3, 0.4) is 0 Å². The largest absolute Gasteiger partial charge is 0.497 e. The van der Waals surface area contributed by atoms with Crippen LogP contribution in [0.2, 0.25) is 0 Å². The second-order valence-electron chi connectivity index (χ2n) is 6.72. The van der Waals surface area contributed by atoms with Crippen molar-refractivity contribution in [2.75, 3.05) is 14.2 Å². The zero-order chi connectivity index (χ0) is 15.1. The Kier molecular flexibility index (Phi) is 3.42. The molecule has 0 saturated carbocycles. The predicted molar refractivity (Wildman–Crippen MR) is 89.2 cm³/mol. The molecular weight excluding hydrogens is 270 g/mol. The van der Waals surface area contributed by atoms with Gasteiger partial charge in [-0.1, -0.05) is 36.4 Å². The summed E-state index contributed by atoms with van der Waals surface area (Å²) in [4.78, 5) is 2.61. The number of methoxy groups -OCH3 is 1. The average molecular weight is 293 g/mol. The van der Waals surface area contributed by atoms with Gasteiger partial charge in [0.25, 0.3) is 0 Å². The lowest BCUT2D eigenvalue weighted by Crippen LogP contribution is -2.29. The van der Waals surface area contributed by atoms with Crippen molar-refractivity contribution in [2.24, 2.45) is 5.92 Å². The fourth-order valence-corrected chi connectivity index (χ4v) is 4.42. The molecule has 0 aromatic heterocycles. The number of nitrogens with zero attached hydrogens (tertiary/aromatic N) is 1. The van der Waals surface area contributed by atoms with Gasteiger partial charge in [0.2, 0.25) is 0 Å². The van der Waals surface area contributed by atoms with E-state index in [1.54, 1.807) is 18.2 Å². The number of hydrogen-bond donors (Lipinski definition) is 0. The van der Waals surface area contributed by atoms with Gasteiger partial charge in [0, 0.05) is 12.1 Å². The average Bonchev–Trinajstić information content (AvgIpc) is 3.05. The maximum Gasteiger partial charge on any atom is 0.118 e. The Morgan fingerprint density at radius 1 is 1.09 bits per heavy atom. The minimum Gasteiger partial charge on any atom is -0.497 e. The quantitative estimate of drug-likeness (QED) is 0.852. The number of ether oxygens (including phenoxy) is 1. The van der Waals surface area contributed by atoms with E-state index >= 15 is 0 Å². The van der Waals surface area contributed by atoms with Gasteiger partial charge in [-0.25, -0.2) is 0 Å². The van der Waals surface area contributed by atoms with Crippen molar-refractivity contribution < 1.29 is 4.74 Å². The van der Waals surface area contributed by atoms with Crippen molar-refractivity contribution in [1.82, 2.24) is 4.90 Å². The molecule has 1 aliphatic heterocycles. The highest BCUT2D eigenvalue weighted by Gasteiger charge is 2.44. The van der Waals surface area contributed by atoms with Crippen LogP contribution in [0, 0.1) is 5.92 Å². The fourth-order valence-electron chi connectivity index (χ4n) is 4.42. The summed E-state index contributed by atoms with van der Waals surface area (Å²) in [6, 6.07) is 18.8. The standard InChI is InChI=1S/C20H23NO/c1-21-17(11-14-7-9-18(22-2)10-8-14)13-16-12-15-5-3-4-6-19(15)20(16)21/h3-10,16-17,20H,11-13H2,1-2H3. The van der Waals surface area contributed by atoms with Gasteiger partial charge in [-0.15, -0.1) is 0 Å². The molecule has 114 valence electrons. The summed E-state index contributed by atoms with van der Waals surface area (Å²) in [5.74, 6) is 1.74. The predicted octanol–water partition coefficient (Wildman–Crippen LogP) is 3.86. The Balaban J connectivity index is 1.52. The van der Waals surface area contributed by atoms with E-state index in [1.807, 2.05) is 0 Å². The van der Waals surface area contributed by atoms with Crippen molar-refractivity contribution in [2.45, 2.75) is 31.3 Å². The molecule has 0 amide bonds. The molecule has 2 nitrogen and oxygen atoms in total. The highest BCUT2D eigenvalue weighted by atomic mass is 16.5. The van der Waals surface area contributed by atoms with E-state index in [0.717, 1.165) is 18.1 Å². The van der Waals surface area contributed by atoms with Gasteiger partial charge in [-0.3, -0.25) is 4.90 Å². The lowest BCUT2D eigenvalue weighted by atomic mass is 9.97. The molecular formula is C20H23NO. The lowest BCUT2D eigenvalue weighted by molar-refractivity contribution is 0.233.